The van der Waals surface area contributed by atoms with E-state index >= 15 is 0 Å². The highest BCUT2D eigenvalue weighted by molar-refractivity contribution is 7.09. The number of thiazole rings is 1. The van der Waals surface area contributed by atoms with E-state index in [0.717, 1.165) is 38.1 Å². The summed E-state index contributed by atoms with van der Waals surface area (Å²) in [5, 5.41) is 0. The zero-order valence-corrected chi connectivity index (χ0v) is 15.7. The van der Waals surface area contributed by atoms with Gasteiger partial charge in [0, 0.05) is 18.9 Å². The largest absolute Gasteiger partial charge is 0.465 e. The van der Waals surface area contributed by atoms with Crippen LogP contribution in [0.25, 0.3) is 0 Å². The van der Waals surface area contributed by atoms with Gasteiger partial charge in [-0.05, 0) is 38.0 Å². The number of benzene rings is 1. The molecule has 0 radical (unpaired) electrons. The first-order valence-corrected chi connectivity index (χ1v) is 10.2. The molecule has 2 aromatic rings. The summed E-state index contributed by atoms with van der Waals surface area (Å²) in [6.07, 6.45) is 6.43. The molecule has 1 aromatic heterocycles. The molecule has 2 bridgehead atoms. The summed E-state index contributed by atoms with van der Waals surface area (Å²) >= 11 is 1.76. The predicted octanol–water partition coefficient (Wildman–Crippen LogP) is 4.06. The average molecular weight is 357 g/mol. The number of carbonyl (C=O) groups excluding carboxylic acids is 1. The lowest BCUT2D eigenvalue weighted by atomic mass is 9.84. The molecule has 0 N–H and O–H groups in total. The van der Waals surface area contributed by atoms with Crippen molar-refractivity contribution in [3.63, 3.8) is 0 Å². The van der Waals surface area contributed by atoms with Crippen LogP contribution in [0.3, 0.4) is 0 Å². The minimum atomic E-state index is -0.123. The van der Waals surface area contributed by atoms with Crippen LogP contribution in [0, 0.1) is 18.3 Å². The van der Waals surface area contributed by atoms with Crippen LogP contribution in [0.1, 0.15) is 48.2 Å². The highest BCUT2D eigenvalue weighted by Gasteiger charge is 2.51. The van der Waals surface area contributed by atoms with E-state index in [1.54, 1.807) is 11.3 Å². The van der Waals surface area contributed by atoms with Crippen LogP contribution in [-0.4, -0.2) is 12.6 Å². The zero-order valence-electron chi connectivity index (χ0n) is 14.9. The van der Waals surface area contributed by atoms with Gasteiger partial charge in [-0.1, -0.05) is 41.7 Å². The van der Waals surface area contributed by atoms with Gasteiger partial charge in [0.2, 0.25) is 5.51 Å². The molecule has 0 aliphatic heterocycles. The van der Waals surface area contributed by atoms with E-state index in [1.165, 1.54) is 29.0 Å². The lowest BCUT2D eigenvalue weighted by molar-refractivity contribution is -0.689. The molecule has 0 unspecified atom stereocenters. The average Bonchev–Trinajstić information content (AvgIpc) is 3.34. The first-order chi connectivity index (χ1) is 12.2. The van der Waals surface area contributed by atoms with Crippen LogP contribution in [0.5, 0.6) is 0 Å². The summed E-state index contributed by atoms with van der Waals surface area (Å²) in [6, 6.07) is 10.5. The summed E-state index contributed by atoms with van der Waals surface area (Å²) in [7, 11) is 0. The Morgan fingerprint density at radius 2 is 2.04 bits per heavy atom. The fraction of sp³-hybridized carbons (Fsp3) is 0.524. The van der Waals surface area contributed by atoms with Gasteiger partial charge in [0.1, 0.15) is 0 Å². The van der Waals surface area contributed by atoms with Gasteiger partial charge >= 0.3 is 5.97 Å². The van der Waals surface area contributed by atoms with Crippen molar-refractivity contribution in [1.29, 1.82) is 0 Å². The maximum Gasteiger partial charge on any atom is 0.312 e. The van der Waals surface area contributed by atoms with Crippen LogP contribution in [0.4, 0.5) is 0 Å². The molecule has 1 aromatic carbocycles. The van der Waals surface area contributed by atoms with Crippen LogP contribution in [0.2, 0.25) is 0 Å². The van der Waals surface area contributed by atoms with Crippen molar-refractivity contribution < 1.29 is 14.1 Å². The number of aromatic nitrogens is 1. The van der Waals surface area contributed by atoms with Crippen LogP contribution in [-0.2, 0) is 22.5 Å². The Morgan fingerprint density at radius 1 is 1.28 bits per heavy atom. The molecule has 0 spiro atoms. The van der Waals surface area contributed by atoms with Gasteiger partial charge < -0.3 is 4.74 Å². The monoisotopic (exact) mass is 356 g/mol. The molecule has 2 saturated carbocycles. The molecule has 2 fully saturated rings. The normalized spacial score (nSPS) is 24.6. The van der Waals surface area contributed by atoms with Crippen molar-refractivity contribution in [3.05, 3.63) is 52.0 Å². The van der Waals surface area contributed by atoms with Crippen molar-refractivity contribution in [2.75, 3.05) is 6.61 Å². The van der Waals surface area contributed by atoms with Crippen molar-refractivity contribution in [2.24, 2.45) is 11.3 Å². The topological polar surface area (TPSA) is 30.2 Å². The highest BCUT2D eigenvalue weighted by atomic mass is 32.1. The third kappa shape index (κ3) is 3.37. The summed E-state index contributed by atoms with van der Waals surface area (Å²) in [5.74, 6) is 0.850. The van der Waals surface area contributed by atoms with Gasteiger partial charge in [0.25, 0.3) is 0 Å². The maximum absolute atomic E-state index is 12.5. The summed E-state index contributed by atoms with van der Waals surface area (Å²) < 4.78 is 7.98. The molecule has 0 atom stereocenters. The van der Waals surface area contributed by atoms with E-state index in [1.807, 2.05) is 6.07 Å². The van der Waals surface area contributed by atoms with E-state index < -0.39 is 0 Å². The van der Waals surface area contributed by atoms with Crippen LogP contribution >= 0.6 is 11.3 Å². The van der Waals surface area contributed by atoms with Gasteiger partial charge in [-0.15, -0.1) is 0 Å². The number of hydrogen-bond acceptors (Lipinski definition) is 3. The molecule has 0 saturated heterocycles. The standard InChI is InChI=1S/C21H26NO2S/c1-16-19(25-15-22(16)14-18-5-3-2-4-6-18)9-12-24-20(23)21-10-7-17(13-21)8-11-21/h2-6,15,17H,7-14H2,1H3/q+1. The highest BCUT2D eigenvalue weighted by Crippen LogP contribution is 2.54. The lowest BCUT2D eigenvalue weighted by Crippen LogP contribution is -2.35. The number of hydrogen-bond donors (Lipinski definition) is 0. The zero-order chi connectivity index (χ0) is 17.3. The maximum atomic E-state index is 12.5. The molecule has 0 amide bonds. The molecule has 4 rings (SSSR count). The summed E-state index contributed by atoms with van der Waals surface area (Å²) in [6.45, 7) is 3.57. The van der Waals surface area contributed by atoms with Gasteiger partial charge in [-0.25, -0.2) is 0 Å². The Labute approximate surface area is 153 Å². The van der Waals surface area contributed by atoms with Crippen LogP contribution < -0.4 is 4.57 Å². The molecule has 4 heteroatoms. The van der Waals surface area contributed by atoms with E-state index in [9.17, 15) is 4.79 Å². The molecule has 2 aliphatic rings. The fourth-order valence-corrected chi connectivity index (χ4v) is 5.47. The Kier molecular flexibility index (Phi) is 4.63. The van der Waals surface area contributed by atoms with Crippen molar-refractivity contribution in [3.8, 4) is 0 Å². The third-order valence-electron chi connectivity index (χ3n) is 6.09. The first kappa shape index (κ1) is 16.8. The molecular weight excluding hydrogens is 330 g/mol. The smallest absolute Gasteiger partial charge is 0.312 e. The van der Waals surface area contributed by atoms with Crippen LogP contribution in [0.15, 0.2) is 35.8 Å². The molecule has 3 nitrogen and oxygen atoms in total. The van der Waals surface area contributed by atoms with E-state index in [2.05, 4.69) is 41.3 Å². The molecule has 2 aliphatic carbocycles. The number of rotatable bonds is 6. The van der Waals surface area contributed by atoms with Gasteiger partial charge in [0.15, 0.2) is 12.2 Å². The number of nitrogens with zero attached hydrogens (tertiary/aromatic N) is 1. The lowest BCUT2D eigenvalue weighted by Gasteiger charge is -2.23. The second kappa shape index (κ2) is 6.91. The number of carbonyl (C=O) groups is 1. The van der Waals surface area contributed by atoms with Gasteiger partial charge in [-0.2, -0.15) is 4.57 Å². The van der Waals surface area contributed by atoms with Crippen molar-refractivity contribution >= 4 is 17.3 Å². The predicted molar refractivity (Wildman–Crippen MR) is 98.5 cm³/mol. The quantitative estimate of drug-likeness (QED) is 0.577. The Bertz CT molecular complexity index is 745. The van der Waals surface area contributed by atoms with Gasteiger partial charge in [-0.3, -0.25) is 4.79 Å². The second-order valence-electron chi connectivity index (χ2n) is 7.66. The summed E-state index contributed by atoms with van der Waals surface area (Å²) in [5.41, 5.74) is 4.64. The second-order valence-corrected chi connectivity index (χ2v) is 8.60. The van der Waals surface area contributed by atoms with E-state index in [0.29, 0.717) is 6.61 Å². The molecular formula is C21H26NO2S+. The van der Waals surface area contributed by atoms with Crippen molar-refractivity contribution in [2.45, 2.75) is 52.0 Å². The van der Waals surface area contributed by atoms with E-state index in [-0.39, 0.29) is 11.4 Å². The number of esters is 1. The Balaban J connectivity index is 1.32. The molecule has 25 heavy (non-hydrogen) atoms. The fourth-order valence-electron chi connectivity index (χ4n) is 4.50. The number of ether oxygens (including phenoxy) is 1. The first-order valence-electron chi connectivity index (χ1n) is 9.34. The minimum Gasteiger partial charge on any atom is -0.465 e. The Morgan fingerprint density at radius 3 is 2.72 bits per heavy atom. The number of fused-ring (bicyclic) bond motifs is 2. The Hall–Kier alpha value is -1.68. The minimum absolute atomic E-state index is 0.0684. The summed E-state index contributed by atoms with van der Waals surface area (Å²) in [4.78, 5) is 13.8. The van der Waals surface area contributed by atoms with Gasteiger partial charge in [0.05, 0.1) is 16.9 Å². The molecule has 1 heterocycles. The SMILES string of the molecule is Cc1c(CCOC(=O)C23CCC(CC2)C3)sc[n+]1Cc1ccccc1. The van der Waals surface area contributed by atoms with E-state index in [4.69, 9.17) is 4.74 Å². The molecule has 132 valence electrons. The third-order valence-corrected chi connectivity index (χ3v) is 7.23. The van der Waals surface area contributed by atoms with Crippen molar-refractivity contribution in [1.82, 2.24) is 0 Å².